The van der Waals surface area contributed by atoms with Crippen LogP contribution in [0.4, 0.5) is 0 Å². The number of nitrogens with two attached hydrogens (primary N) is 1. The Morgan fingerprint density at radius 2 is 1.92 bits per heavy atom. The van der Waals surface area contributed by atoms with E-state index in [2.05, 4.69) is 12.1 Å². The summed E-state index contributed by atoms with van der Waals surface area (Å²) in [5.74, 6) is -0.00335. The molecular weight excluding hydrogens is 300 g/mol. The summed E-state index contributed by atoms with van der Waals surface area (Å²) < 4.78 is 5.40. The van der Waals surface area contributed by atoms with E-state index in [1.165, 1.54) is 5.56 Å². The van der Waals surface area contributed by atoms with Gasteiger partial charge in [0.1, 0.15) is 5.58 Å². The summed E-state index contributed by atoms with van der Waals surface area (Å²) in [6.07, 6.45) is 3.17. The van der Waals surface area contributed by atoms with Gasteiger partial charge in [-0.15, -0.1) is 0 Å². The first-order valence-corrected chi connectivity index (χ1v) is 8.18. The molecule has 0 bridgehead atoms. The highest BCUT2D eigenvalue weighted by Gasteiger charge is 2.22. The monoisotopic (exact) mass is 322 g/mol. The molecule has 0 spiro atoms. The minimum Gasteiger partial charge on any atom is -0.464 e. The van der Waals surface area contributed by atoms with Crippen LogP contribution in [0.2, 0.25) is 0 Å². The van der Waals surface area contributed by atoms with Crippen LogP contribution < -0.4 is 5.73 Å². The van der Waals surface area contributed by atoms with E-state index < -0.39 is 0 Å². The molecule has 4 heteroatoms. The van der Waals surface area contributed by atoms with Crippen LogP contribution in [0, 0.1) is 0 Å². The van der Waals surface area contributed by atoms with E-state index in [0.29, 0.717) is 12.1 Å². The van der Waals surface area contributed by atoms with Gasteiger partial charge in [0.2, 0.25) is 0 Å². The van der Waals surface area contributed by atoms with Crippen molar-refractivity contribution in [1.82, 2.24) is 4.90 Å². The molecule has 0 aliphatic rings. The second-order valence-corrected chi connectivity index (χ2v) is 5.97. The Morgan fingerprint density at radius 1 is 1.12 bits per heavy atom. The number of hydrogen-bond donors (Lipinski definition) is 1. The highest BCUT2D eigenvalue weighted by molar-refractivity contribution is 6.05. The van der Waals surface area contributed by atoms with Crippen molar-refractivity contribution in [3.8, 4) is 0 Å². The minimum absolute atomic E-state index is 0.00335. The van der Waals surface area contributed by atoms with Crippen LogP contribution >= 0.6 is 0 Å². The molecule has 0 fully saturated rings. The van der Waals surface area contributed by atoms with E-state index >= 15 is 0 Å². The summed E-state index contributed by atoms with van der Waals surface area (Å²) in [6.45, 7) is 0.547. The Morgan fingerprint density at radius 3 is 2.67 bits per heavy atom. The molecule has 124 valence electrons. The molecule has 24 heavy (non-hydrogen) atoms. The first kappa shape index (κ1) is 16.3. The zero-order valence-electron chi connectivity index (χ0n) is 13.8. The van der Waals surface area contributed by atoms with Crippen molar-refractivity contribution in [3.63, 3.8) is 0 Å². The maximum Gasteiger partial charge on any atom is 0.254 e. The Bertz CT molecular complexity index is 811. The van der Waals surface area contributed by atoms with Gasteiger partial charge in [-0.1, -0.05) is 36.4 Å². The smallest absolute Gasteiger partial charge is 0.254 e. The molecule has 0 aliphatic heterocycles. The average molecular weight is 322 g/mol. The lowest BCUT2D eigenvalue weighted by atomic mass is 10.0. The summed E-state index contributed by atoms with van der Waals surface area (Å²) in [6, 6.07) is 17.7. The Hall–Kier alpha value is -2.59. The predicted molar refractivity (Wildman–Crippen MR) is 95.9 cm³/mol. The lowest BCUT2D eigenvalue weighted by Crippen LogP contribution is -2.39. The third kappa shape index (κ3) is 3.34. The normalized spacial score (nSPS) is 12.2. The molecule has 1 aromatic heterocycles. The van der Waals surface area contributed by atoms with E-state index in [4.69, 9.17) is 10.2 Å². The molecule has 1 amide bonds. The molecule has 2 aromatic carbocycles. The molecule has 1 unspecified atom stereocenters. The standard InChI is InChI=1S/C20H22N2O2/c1-22(16(10-12-21)14-15-6-3-2-4-7-15)20(23)18-8-5-9-19-17(18)11-13-24-19/h2-9,11,13,16H,10,12,14,21H2,1H3. The molecule has 0 saturated carbocycles. The topological polar surface area (TPSA) is 59.5 Å². The molecule has 3 aromatic rings. The van der Waals surface area contributed by atoms with Gasteiger partial charge in [-0.3, -0.25) is 4.79 Å². The van der Waals surface area contributed by atoms with Crippen molar-refractivity contribution in [1.29, 1.82) is 0 Å². The van der Waals surface area contributed by atoms with Gasteiger partial charge >= 0.3 is 0 Å². The first-order chi connectivity index (χ1) is 11.7. The van der Waals surface area contributed by atoms with E-state index in [-0.39, 0.29) is 11.9 Å². The zero-order valence-corrected chi connectivity index (χ0v) is 13.8. The van der Waals surface area contributed by atoms with Crippen molar-refractivity contribution in [2.45, 2.75) is 18.9 Å². The summed E-state index contributed by atoms with van der Waals surface area (Å²) >= 11 is 0. The van der Waals surface area contributed by atoms with Crippen molar-refractivity contribution in [2.75, 3.05) is 13.6 Å². The summed E-state index contributed by atoms with van der Waals surface area (Å²) in [5, 5.41) is 0.848. The van der Waals surface area contributed by atoms with Crippen LogP contribution in [0.25, 0.3) is 11.0 Å². The zero-order chi connectivity index (χ0) is 16.9. The number of rotatable bonds is 6. The number of nitrogens with zero attached hydrogens (tertiary/aromatic N) is 1. The molecule has 3 rings (SSSR count). The van der Waals surface area contributed by atoms with Crippen LogP contribution in [-0.4, -0.2) is 30.4 Å². The van der Waals surface area contributed by atoms with E-state index in [1.54, 1.807) is 6.26 Å². The Balaban J connectivity index is 1.85. The molecule has 1 atom stereocenters. The number of fused-ring (bicyclic) bond motifs is 1. The lowest BCUT2D eigenvalue weighted by molar-refractivity contribution is 0.0727. The summed E-state index contributed by atoms with van der Waals surface area (Å²) in [7, 11) is 1.85. The number of carbonyl (C=O) groups is 1. The minimum atomic E-state index is -0.00335. The molecule has 4 nitrogen and oxygen atoms in total. The Kier molecular flexibility index (Phi) is 4.96. The van der Waals surface area contributed by atoms with Gasteiger partial charge in [0.25, 0.3) is 5.91 Å². The second kappa shape index (κ2) is 7.32. The van der Waals surface area contributed by atoms with Crippen LogP contribution in [-0.2, 0) is 6.42 Å². The molecular formula is C20H22N2O2. The fourth-order valence-electron chi connectivity index (χ4n) is 3.05. The number of hydrogen-bond acceptors (Lipinski definition) is 3. The third-order valence-corrected chi connectivity index (χ3v) is 4.41. The molecule has 1 heterocycles. The number of likely N-dealkylation sites (N-methyl/N-ethyl adjacent to an activating group) is 1. The van der Waals surface area contributed by atoms with Crippen LogP contribution in [0.1, 0.15) is 22.3 Å². The largest absolute Gasteiger partial charge is 0.464 e. The van der Waals surface area contributed by atoms with Crippen molar-refractivity contribution < 1.29 is 9.21 Å². The summed E-state index contributed by atoms with van der Waals surface area (Å²) in [5.41, 5.74) is 8.38. The maximum atomic E-state index is 13.0. The number of amides is 1. The van der Waals surface area contributed by atoms with Crippen molar-refractivity contribution in [2.24, 2.45) is 5.73 Å². The van der Waals surface area contributed by atoms with Gasteiger partial charge in [0.05, 0.1) is 11.8 Å². The third-order valence-electron chi connectivity index (χ3n) is 4.41. The fraction of sp³-hybridized carbons (Fsp3) is 0.250. The highest BCUT2D eigenvalue weighted by atomic mass is 16.3. The van der Waals surface area contributed by atoms with Gasteiger partial charge in [0, 0.05) is 18.5 Å². The van der Waals surface area contributed by atoms with Crippen molar-refractivity contribution >= 4 is 16.9 Å². The molecule has 0 radical (unpaired) electrons. The molecule has 2 N–H and O–H groups in total. The van der Waals surface area contributed by atoms with Crippen LogP contribution in [0.3, 0.4) is 0 Å². The predicted octanol–water partition coefficient (Wildman–Crippen LogP) is 3.46. The number of furan rings is 1. The lowest BCUT2D eigenvalue weighted by Gasteiger charge is -2.28. The van der Waals surface area contributed by atoms with E-state index in [0.717, 1.165) is 23.8 Å². The average Bonchev–Trinajstić information content (AvgIpc) is 3.10. The van der Waals surface area contributed by atoms with Crippen LogP contribution in [0.5, 0.6) is 0 Å². The molecule has 0 saturated heterocycles. The van der Waals surface area contributed by atoms with Crippen LogP contribution in [0.15, 0.2) is 65.3 Å². The van der Waals surface area contributed by atoms with Gasteiger partial charge in [-0.05, 0) is 43.1 Å². The van der Waals surface area contributed by atoms with E-state index in [1.807, 2.05) is 54.4 Å². The molecule has 0 aliphatic carbocycles. The maximum absolute atomic E-state index is 13.0. The quantitative estimate of drug-likeness (QED) is 0.756. The van der Waals surface area contributed by atoms with Crippen molar-refractivity contribution in [3.05, 3.63) is 72.0 Å². The second-order valence-electron chi connectivity index (χ2n) is 5.97. The number of benzene rings is 2. The first-order valence-electron chi connectivity index (χ1n) is 8.18. The van der Waals surface area contributed by atoms with Gasteiger partial charge in [0.15, 0.2) is 0 Å². The van der Waals surface area contributed by atoms with Gasteiger partial charge in [-0.25, -0.2) is 0 Å². The van der Waals surface area contributed by atoms with Gasteiger partial charge in [-0.2, -0.15) is 0 Å². The number of carbonyl (C=O) groups excluding carboxylic acids is 1. The highest BCUT2D eigenvalue weighted by Crippen LogP contribution is 2.22. The SMILES string of the molecule is CN(C(=O)c1cccc2occc12)C(CCN)Cc1ccccc1. The van der Waals surface area contributed by atoms with E-state index in [9.17, 15) is 4.79 Å². The fourth-order valence-corrected chi connectivity index (χ4v) is 3.05. The van der Waals surface area contributed by atoms with Gasteiger partial charge < -0.3 is 15.1 Å². The Labute approximate surface area is 141 Å². The summed E-state index contributed by atoms with van der Waals surface area (Å²) in [4.78, 5) is 14.8.